The van der Waals surface area contributed by atoms with Gasteiger partial charge in [0.15, 0.2) is 0 Å². The molecule has 6 heteroatoms. The van der Waals surface area contributed by atoms with Crippen LogP contribution in [0.25, 0.3) is 0 Å². The summed E-state index contributed by atoms with van der Waals surface area (Å²) < 4.78 is 5.46. The van der Waals surface area contributed by atoms with Gasteiger partial charge in [-0.2, -0.15) is 0 Å². The van der Waals surface area contributed by atoms with Crippen molar-refractivity contribution in [1.29, 1.82) is 0 Å². The lowest BCUT2D eigenvalue weighted by atomic mass is 10.0. The average molecular weight is 943 g/mol. The zero-order valence-corrected chi connectivity index (χ0v) is 44.9. The first-order valence-corrected chi connectivity index (χ1v) is 29.8. The summed E-state index contributed by atoms with van der Waals surface area (Å²) in [5.74, 6) is -0.0713. The maximum absolute atomic E-state index is 12.5. The minimum absolute atomic E-state index is 0.00603. The van der Waals surface area contributed by atoms with Crippen molar-refractivity contribution in [3.63, 3.8) is 0 Å². The van der Waals surface area contributed by atoms with Crippen molar-refractivity contribution < 1.29 is 24.5 Å². The summed E-state index contributed by atoms with van der Waals surface area (Å²) in [5, 5.41) is 23.1. The van der Waals surface area contributed by atoms with Gasteiger partial charge >= 0.3 is 5.97 Å². The smallest absolute Gasteiger partial charge is 0.305 e. The van der Waals surface area contributed by atoms with Gasteiger partial charge in [-0.3, -0.25) is 9.59 Å². The Balaban J connectivity index is 3.49. The summed E-state index contributed by atoms with van der Waals surface area (Å²) in [6.07, 6.45) is 70.3. The fourth-order valence-electron chi connectivity index (χ4n) is 9.08. The Morgan fingerprint density at radius 2 is 0.746 bits per heavy atom. The minimum atomic E-state index is -0.851. The van der Waals surface area contributed by atoms with Crippen molar-refractivity contribution in [1.82, 2.24) is 5.32 Å². The van der Waals surface area contributed by atoms with Crippen LogP contribution < -0.4 is 5.32 Å². The third-order valence-electron chi connectivity index (χ3n) is 13.7. The number of hydrogen-bond donors (Lipinski definition) is 3. The van der Waals surface area contributed by atoms with Crippen LogP contribution in [0.1, 0.15) is 316 Å². The first-order valence-electron chi connectivity index (χ1n) is 29.8. The van der Waals surface area contributed by atoms with E-state index in [1.165, 1.54) is 231 Å². The zero-order chi connectivity index (χ0) is 48.6. The second-order valence-electron chi connectivity index (χ2n) is 20.3. The zero-order valence-electron chi connectivity index (χ0n) is 44.9. The van der Waals surface area contributed by atoms with E-state index in [9.17, 15) is 19.8 Å². The number of nitrogens with one attached hydrogen (secondary N) is 1. The van der Waals surface area contributed by atoms with Gasteiger partial charge in [0, 0.05) is 12.8 Å². The van der Waals surface area contributed by atoms with E-state index in [4.69, 9.17) is 4.74 Å². The highest BCUT2D eigenvalue weighted by Crippen LogP contribution is 2.16. The minimum Gasteiger partial charge on any atom is -0.466 e. The van der Waals surface area contributed by atoms with Crippen LogP contribution in [-0.4, -0.2) is 47.4 Å². The van der Waals surface area contributed by atoms with Crippen molar-refractivity contribution in [3.05, 3.63) is 36.5 Å². The number of rotatable bonds is 55. The van der Waals surface area contributed by atoms with Crippen LogP contribution in [0.5, 0.6) is 0 Å². The van der Waals surface area contributed by atoms with Crippen molar-refractivity contribution in [2.24, 2.45) is 0 Å². The molecule has 67 heavy (non-hydrogen) atoms. The van der Waals surface area contributed by atoms with Crippen LogP contribution in [0.3, 0.4) is 0 Å². The SMILES string of the molecule is CCCCCCCCCCCCCCCC/C=C/C(O)C(CO)NC(=O)CCCCCCCCC/C=C\C/C=C\CCCCCCCCCCCOC(=O)CCCCCCCCCCCCC. The van der Waals surface area contributed by atoms with Crippen molar-refractivity contribution in [2.45, 2.75) is 328 Å². The summed E-state index contributed by atoms with van der Waals surface area (Å²) >= 11 is 0. The van der Waals surface area contributed by atoms with Crippen LogP contribution in [-0.2, 0) is 14.3 Å². The molecule has 1 amide bonds. The molecule has 0 aliphatic heterocycles. The summed E-state index contributed by atoms with van der Waals surface area (Å²) in [6.45, 7) is 4.90. The normalized spacial score (nSPS) is 12.8. The van der Waals surface area contributed by atoms with Gasteiger partial charge in [0.2, 0.25) is 5.91 Å². The molecule has 0 aliphatic rings. The van der Waals surface area contributed by atoms with E-state index in [1.807, 2.05) is 6.08 Å². The van der Waals surface area contributed by atoms with Crippen LogP contribution in [0.2, 0.25) is 0 Å². The highest BCUT2D eigenvalue weighted by molar-refractivity contribution is 5.76. The summed E-state index contributed by atoms with van der Waals surface area (Å²) in [5.41, 5.74) is 0. The topological polar surface area (TPSA) is 95.9 Å². The van der Waals surface area contributed by atoms with Crippen molar-refractivity contribution in [2.75, 3.05) is 13.2 Å². The first-order chi connectivity index (χ1) is 33.0. The molecule has 2 unspecified atom stereocenters. The average Bonchev–Trinajstić information content (AvgIpc) is 3.33. The third-order valence-corrected chi connectivity index (χ3v) is 13.7. The van der Waals surface area contributed by atoms with Gasteiger partial charge in [0.25, 0.3) is 0 Å². The van der Waals surface area contributed by atoms with Gasteiger partial charge in [0.1, 0.15) is 0 Å². The second-order valence-corrected chi connectivity index (χ2v) is 20.3. The number of aliphatic hydroxyl groups excluding tert-OH is 2. The molecule has 6 nitrogen and oxygen atoms in total. The number of amides is 1. The Labute approximate surface area is 417 Å². The summed E-state index contributed by atoms with van der Waals surface area (Å²) in [7, 11) is 0. The van der Waals surface area contributed by atoms with E-state index < -0.39 is 12.1 Å². The largest absolute Gasteiger partial charge is 0.466 e. The highest BCUT2D eigenvalue weighted by atomic mass is 16.5. The molecule has 0 rings (SSSR count). The molecular weight excluding hydrogens is 827 g/mol. The highest BCUT2D eigenvalue weighted by Gasteiger charge is 2.18. The lowest BCUT2D eigenvalue weighted by Crippen LogP contribution is -2.45. The lowest BCUT2D eigenvalue weighted by molar-refractivity contribution is -0.143. The molecule has 0 fully saturated rings. The number of allylic oxidation sites excluding steroid dienone is 5. The van der Waals surface area contributed by atoms with Crippen LogP contribution in [0.4, 0.5) is 0 Å². The van der Waals surface area contributed by atoms with Gasteiger partial charge < -0.3 is 20.3 Å². The van der Waals surface area contributed by atoms with Gasteiger partial charge in [-0.1, -0.05) is 275 Å². The number of unbranched alkanes of at least 4 members (excludes halogenated alkanes) is 40. The Hall–Kier alpha value is -1.92. The fourth-order valence-corrected chi connectivity index (χ4v) is 9.08. The molecule has 0 spiro atoms. The predicted octanol–water partition coefficient (Wildman–Crippen LogP) is 18.4. The Morgan fingerprint density at radius 3 is 1.13 bits per heavy atom. The molecule has 0 radical (unpaired) electrons. The lowest BCUT2D eigenvalue weighted by Gasteiger charge is -2.20. The van der Waals surface area contributed by atoms with Gasteiger partial charge in [-0.25, -0.2) is 0 Å². The van der Waals surface area contributed by atoms with Crippen LogP contribution in [0.15, 0.2) is 36.5 Å². The van der Waals surface area contributed by atoms with E-state index in [2.05, 4.69) is 43.5 Å². The molecule has 2 atom stereocenters. The number of carbonyl (C=O) groups excluding carboxylic acids is 2. The maximum Gasteiger partial charge on any atom is 0.305 e. The predicted molar refractivity (Wildman–Crippen MR) is 292 cm³/mol. The molecule has 0 saturated heterocycles. The summed E-state index contributed by atoms with van der Waals surface area (Å²) in [6, 6.07) is -0.635. The van der Waals surface area contributed by atoms with Crippen LogP contribution in [0, 0.1) is 0 Å². The number of hydrogen-bond acceptors (Lipinski definition) is 5. The van der Waals surface area contributed by atoms with Gasteiger partial charge in [-0.05, 0) is 64.2 Å². The molecule has 0 aromatic rings. The molecule has 0 aliphatic carbocycles. The molecule has 0 heterocycles. The Kier molecular flexibility index (Phi) is 55.0. The Morgan fingerprint density at radius 1 is 0.418 bits per heavy atom. The van der Waals surface area contributed by atoms with Crippen LogP contribution >= 0.6 is 0 Å². The van der Waals surface area contributed by atoms with Crippen molar-refractivity contribution >= 4 is 11.9 Å². The van der Waals surface area contributed by atoms with E-state index in [1.54, 1.807) is 6.08 Å². The van der Waals surface area contributed by atoms with E-state index >= 15 is 0 Å². The summed E-state index contributed by atoms with van der Waals surface area (Å²) in [4.78, 5) is 24.4. The van der Waals surface area contributed by atoms with E-state index in [0.717, 1.165) is 57.8 Å². The molecule has 394 valence electrons. The number of aliphatic hydroxyl groups is 2. The van der Waals surface area contributed by atoms with E-state index in [0.29, 0.717) is 19.4 Å². The third kappa shape index (κ3) is 53.3. The van der Waals surface area contributed by atoms with E-state index in [-0.39, 0.29) is 18.5 Å². The molecule has 3 N–H and O–H groups in total. The quantitative estimate of drug-likeness (QED) is 0.0321. The number of carbonyl (C=O) groups is 2. The Bertz CT molecular complexity index is 1090. The maximum atomic E-state index is 12.5. The molecular formula is C61H115NO5. The molecule has 0 aromatic heterocycles. The molecule has 0 saturated carbocycles. The number of ether oxygens (including phenoxy) is 1. The van der Waals surface area contributed by atoms with Gasteiger partial charge in [0.05, 0.1) is 25.4 Å². The molecule has 0 aromatic carbocycles. The van der Waals surface area contributed by atoms with Crippen molar-refractivity contribution in [3.8, 4) is 0 Å². The second kappa shape index (κ2) is 56.7. The number of esters is 1. The molecule has 0 bridgehead atoms. The standard InChI is InChI=1S/C61H115NO5/c1-3-5-7-9-11-13-15-16-17-27-30-34-37-41-45-49-53-59(64)58(57-63)62-60(65)54-50-46-42-38-35-31-28-25-23-21-19-18-20-22-24-26-29-32-36-40-44-48-52-56-67-61(66)55-51-47-43-39-33-14-12-10-8-6-4-2/h18,20-21,23,49,53,58-59,63-64H,3-17,19,22,24-48,50-52,54-57H2,1-2H3,(H,62,65)/b20-18-,23-21-,53-49+. The van der Waals surface area contributed by atoms with Gasteiger partial charge in [-0.15, -0.1) is 0 Å². The monoisotopic (exact) mass is 942 g/mol. The first kappa shape index (κ1) is 65.1. The fraction of sp³-hybridized carbons (Fsp3) is 0.869.